The molecule has 0 saturated carbocycles. The van der Waals surface area contributed by atoms with Gasteiger partial charge in [0.15, 0.2) is 5.22 Å². The van der Waals surface area contributed by atoms with Gasteiger partial charge in [-0.15, -0.1) is 0 Å². The smallest absolute Gasteiger partial charge is 0.197 e. The average molecular weight is 175 g/mol. The molecule has 0 atom stereocenters. The van der Waals surface area contributed by atoms with Crippen LogP contribution in [0.1, 0.15) is 11.3 Å². The Kier molecular flexibility index (Phi) is 2.93. The number of nitrogens with two attached hydrogens (primary N) is 1. The second-order valence-electron chi connectivity index (χ2n) is 2.25. The monoisotopic (exact) mass is 174 g/mol. The van der Waals surface area contributed by atoms with Crippen LogP contribution >= 0.6 is 11.6 Å². The standard InChI is InChI=1S/C7H11ClN2O/c1-10-4-6-2-5(3-9)7(8)11-6/h2,10H,3-4,9H2,1H3. The van der Waals surface area contributed by atoms with Crippen LogP contribution in [0, 0.1) is 0 Å². The fraction of sp³-hybridized carbons (Fsp3) is 0.429. The summed E-state index contributed by atoms with van der Waals surface area (Å²) in [5.74, 6) is 0.818. The summed E-state index contributed by atoms with van der Waals surface area (Å²) in [5, 5.41) is 3.36. The highest BCUT2D eigenvalue weighted by Crippen LogP contribution is 2.19. The lowest BCUT2D eigenvalue weighted by molar-refractivity contribution is 0.495. The van der Waals surface area contributed by atoms with Gasteiger partial charge in [-0.25, -0.2) is 0 Å². The molecule has 11 heavy (non-hydrogen) atoms. The molecule has 3 N–H and O–H groups in total. The number of halogens is 1. The predicted octanol–water partition coefficient (Wildman–Crippen LogP) is 1.11. The zero-order chi connectivity index (χ0) is 8.27. The van der Waals surface area contributed by atoms with Crippen LogP contribution < -0.4 is 11.1 Å². The number of hydrogen-bond acceptors (Lipinski definition) is 3. The SMILES string of the molecule is CNCc1cc(CN)c(Cl)o1. The second kappa shape index (κ2) is 3.76. The van der Waals surface area contributed by atoms with Gasteiger partial charge >= 0.3 is 0 Å². The number of furan rings is 1. The maximum Gasteiger partial charge on any atom is 0.197 e. The van der Waals surface area contributed by atoms with Gasteiger partial charge in [-0.1, -0.05) is 0 Å². The molecule has 1 aromatic rings. The molecule has 0 aliphatic heterocycles. The average Bonchev–Trinajstić information content (AvgIpc) is 2.32. The van der Waals surface area contributed by atoms with E-state index in [0.717, 1.165) is 11.3 Å². The summed E-state index contributed by atoms with van der Waals surface area (Å²) in [6.45, 7) is 1.10. The van der Waals surface area contributed by atoms with E-state index in [1.54, 1.807) is 0 Å². The lowest BCUT2D eigenvalue weighted by Crippen LogP contribution is -2.03. The van der Waals surface area contributed by atoms with Crippen LogP contribution in [-0.2, 0) is 13.1 Å². The molecule has 3 nitrogen and oxygen atoms in total. The fourth-order valence-corrected chi connectivity index (χ4v) is 1.09. The van der Waals surface area contributed by atoms with Crippen molar-refractivity contribution in [2.45, 2.75) is 13.1 Å². The molecule has 0 spiro atoms. The Morgan fingerprint density at radius 2 is 2.45 bits per heavy atom. The predicted molar refractivity (Wildman–Crippen MR) is 44.4 cm³/mol. The van der Waals surface area contributed by atoms with Gasteiger partial charge in [-0.2, -0.15) is 0 Å². The number of hydrogen-bond donors (Lipinski definition) is 2. The van der Waals surface area contributed by atoms with Crippen molar-refractivity contribution in [3.63, 3.8) is 0 Å². The van der Waals surface area contributed by atoms with Gasteiger partial charge in [0.05, 0.1) is 6.54 Å². The van der Waals surface area contributed by atoms with E-state index in [1.807, 2.05) is 13.1 Å². The van der Waals surface area contributed by atoms with Crippen LogP contribution in [0.25, 0.3) is 0 Å². The Morgan fingerprint density at radius 1 is 1.73 bits per heavy atom. The fourth-order valence-electron chi connectivity index (χ4n) is 0.862. The van der Waals surface area contributed by atoms with Gasteiger partial charge in [0.25, 0.3) is 0 Å². The van der Waals surface area contributed by atoms with E-state index in [-0.39, 0.29) is 0 Å². The first-order valence-electron chi connectivity index (χ1n) is 3.39. The highest BCUT2D eigenvalue weighted by atomic mass is 35.5. The summed E-state index contributed by atoms with van der Waals surface area (Å²) < 4.78 is 5.17. The summed E-state index contributed by atoms with van der Waals surface area (Å²) >= 11 is 5.71. The lowest BCUT2D eigenvalue weighted by Gasteiger charge is -1.89. The highest BCUT2D eigenvalue weighted by molar-refractivity contribution is 6.29. The third-order valence-electron chi connectivity index (χ3n) is 1.38. The maximum absolute atomic E-state index is 5.71. The largest absolute Gasteiger partial charge is 0.448 e. The Labute approximate surface area is 70.5 Å². The second-order valence-corrected chi connectivity index (χ2v) is 2.59. The highest BCUT2D eigenvalue weighted by Gasteiger charge is 2.05. The van der Waals surface area contributed by atoms with Crippen molar-refractivity contribution < 1.29 is 4.42 Å². The first kappa shape index (κ1) is 8.59. The van der Waals surface area contributed by atoms with Crippen LogP contribution in [0.15, 0.2) is 10.5 Å². The Bertz CT molecular complexity index is 234. The molecule has 0 aliphatic rings. The van der Waals surface area contributed by atoms with Crippen LogP contribution in [-0.4, -0.2) is 7.05 Å². The molecular formula is C7H11ClN2O. The normalized spacial score (nSPS) is 10.5. The number of rotatable bonds is 3. The Balaban J connectivity index is 2.77. The summed E-state index contributed by atoms with van der Waals surface area (Å²) in [4.78, 5) is 0. The van der Waals surface area contributed by atoms with Crippen molar-refractivity contribution >= 4 is 11.6 Å². The third-order valence-corrected chi connectivity index (χ3v) is 1.70. The van der Waals surface area contributed by atoms with Gasteiger partial charge in [0.1, 0.15) is 5.76 Å². The Morgan fingerprint density at radius 3 is 2.91 bits per heavy atom. The molecule has 0 bridgehead atoms. The molecule has 1 heterocycles. The van der Waals surface area contributed by atoms with E-state index >= 15 is 0 Å². The minimum atomic E-state index is 0.401. The topological polar surface area (TPSA) is 51.2 Å². The van der Waals surface area contributed by atoms with Gasteiger partial charge in [0, 0.05) is 12.1 Å². The van der Waals surface area contributed by atoms with Gasteiger partial charge in [-0.3, -0.25) is 0 Å². The van der Waals surface area contributed by atoms with E-state index in [4.69, 9.17) is 21.8 Å². The maximum atomic E-state index is 5.71. The van der Waals surface area contributed by atoms with E-state index in [1.165, 1.54) is 0 Å². The van der Waals surface area contributed by atoms with Gasteiger partial charge in [0.2, 0.25) is 0 Å². The first-order valence-corrected chi connectivity index (χ1v) is 3.77. The van der Waals surface area contributed by atoms with Crippen LogP contribution in [0.2, 0.25) is 5.22 Å². The molecule has 0 radical (unpaired) electrons. The molecular weight excluding hydrogens is 164 g/mol. The molecule has 62 valence electrons. The summed E-state index contributed by atoms with van der Waals surface area (Å²) in [5.41, 5.74) is 6.25. The summed E-state index contributed by atoms with van der Waals surface area (Å²) in [6, 6.07) is 1.86. The molecule has 0 saturated heterocycles. The van der Waals surface area contributed by atoms with Crippen molar-refractivity contribution in [3.8, 4) is 0 Å². The first-order chi connectivity index (χ1) is 5.27. The Hall–Kier alpha value is -0.510. The van der Waals surface area contributed by atoms with Crippen molar-refractivity contribution in [2.24, 2.45) is 5.73 Å². The molecule has 1 aromatic heterocycles. The van der Waals surface area contributed by atoms with Crippen LogP contribution in [0.4, 0.5) is 0 Å². The number of nitrogens with one attached hydrogen (secondary N) is 1. The molecule has 4 heteroatoms. The lowest BCUT2D eigenvalue weighted by atomic mass is 10.3. The van der Waals surface area contributed by atoms with E-state index < -0.39 is 0 Å². The quantitative estimate of drug-likeness (QED) is 0.722. The van der Waals surface area contributed by atoms with Crippen LogP contribution in [0.3, 0.4) is 0 Å². The van der Waals surface area contributed by atoms with Crippen molar-refractivity contribution in [1.82, 2.24) is 5.32 Å². The van der Waals surface area contributed by atoms with Crippen LogP contribution in [0.5, 0.6) is 0 Å². The van der Waals surface area contributed by atoms with Crippen molar-refractivity contribution in [3.05, 3.63) is 22.6 Å². The third kappa shape index (κ3) is 1.96. The molecule has 0 fully saturated rings. The zero-order valence-corrected chi connectivity index (χ0v) is 7.11. The van der Waals surface area contributed by atoms with Crippen molar-refractivity contribution in [2.75, 3.05) is 7.05 Å². The van der Waals surface area contributed by atoms with E-state index in [0.29, 0.717) is 18.3 Å². The molecule has 0 amide bonds. The van der Waals surface area contributed by atoms with Crippen molar-refractivity contribution in [1.29, 1.82) is 0 Å². The van der Waals surface area contributed by atoms with E-state index in [2.05, 4.69) is 5.32 Å². The zero-order valence-electron chi connectivity index (χ0n) is 6.36. The minimum Gasteiger partial charge on any atom is -0.448 e. The van der Waals surface area contributed by atoms with Gasteiger partial charge in [-0.05, 0) is 24.7 Å². The molecule has 1 rings (SSSR count). The summed E-state index contributed by atoms with van der Waals surface area (Å²) in [6.07, 6.45) is 0. The molecule has 0 aliphatic carbocycles. The van der Waals surface area contributed by atoms with E-state index in [9.17, 15) is 0 Å². The summed E-state index contributed by atoms with van der Waals surface area (Å²) in [7, 11) is 1.85. The molecule has 0 aromatic carbocycles. The van der Waals surface area contributed by atoms with Gasteiger partial charge < -0.3 is 15.5 Å². The minimum absolute atomic E-state index is 0.401. The molecule has 0 unspecified atom stereocenters.